The Hall–Kier alpha value is -3.07. The maximum Gasteiger partial charge on any atom is 0.416 e. The van der Waals surface area contributed by atoms with Crippen LogP contribution in [0, 0.1) is 0 Å². The molecule has 1 amide bonds. The highest BCUT2D eigenvalue weighted by atomic mass is 79.9. The van der Waals surface area contributed by atoms with Gasteiger partial charge in [-0.3, -0.25) is 9.69 Å². The zero-order valence-corrected chi connectivity index (χ0v) is 17.9. The number of alkyl halides is 3. The van der Waals surface area contributed by atoms with Crippen LogP contribution in [0.2, 0.25) is 0 Å². The predicted octanol–water partition coefficient (Wildman–Crippen LogP) is 5.32. The Morgan fingerprint density at radius 3 is 2.48 bits per heavy atom. The van der Waals surface area contributed by atoms with Crippen LogP contribution in [0.1, 0.15) is 21.5 Å². The summed E-state index contributed by atoms with van der Waals surface area (Å²) in [5, 5.41) is 0. The Balaban J connectivity index is 1.64. The van der Waals surface area contributed by atoms with Crippen LogP contribution in [0.25, 0.3) is 11.1 Å². The first-order valence-corrected chi connectivity index (χ1v) is 10.1. The first-order valence-electron chi connectivity index (χ1n) is 9.31. The third kappa shape index (κ3) is 3.97. The molecule has 0 atom stereocenters. The second-order valence-corrected chi connectivity index (χ2v) is 7.88. The van der Waals surface area contributed by atoms with E-state index >= 15 is 0 Å². The number of hydrogen-bond acceptors (Lipinski definition) is 4. The van der Waals surface area contributed by atoms with Crippen LogP contribution < -0.4 is 15.4 Å². The largest absolute Gasteiger partial charge is 0.493 e. The van der Waals surface area contributed by atoms with Gasteiger partial charge in [-0.15, -0.1) is 0 Å². The Kier molecular flexibility index (Phi) is 5.38. The summed E-state index contributed by atoms with van der Waals surface area (Å²) in [6.07, 6.45) is -3.84. The molecule has 0 fully saturated rings. The highest BCUT2D eigenvalue weighted by molar-refractivity contribution is 9.10. The number of fused-ring (bicyclic) bond motifs is 1. The van der Waals surface area contributed by atoms with Crippen LogP contribution in [0.15, 0.2) is 53.0 Å². The molecule has 4 rings (SSSR count). The molecular formula is C22H17BrF3N3O2. The van der Waals surface area contributed by atoms with Gasteiger partial charge in [-0.25, -0.2) is 4.98 Å². The number of nitrogen functional groups attached to an aromatic ring is 1. The number of carbonyl (C=O) groups excluding carboxylic acids is 1. The van der Waals surface area contributed by atoms with E-state index in [0.29, 0.717) is 40.1 Å². The number of benzene rings is 2. The number of hydrogen-bond donors (Lipinski definition) is 1. The third-order valence-corrected chi connectivity index (χ3v) is 5.82. The minimum absolute atomic E-state index is 0.195. The van der Waals surface area contributed by atoms with Gasteiger partial charge < -0.3 is 10.5 Å². The number of halogens is 4. The number of aromatic nitrogens is 1. The molecular weight excluding hydrogens is 475 g/mol. The van der Waals surface area contributed by atoms with Crippen molar-refractivity contribution in [3.8, 4) is 16.9 Å². The van der Waals surface area contributed by atoms with Crippen LogP contribution in [0.4, 0.5) is 24.8 Å². The van der Waals surface area contributed by atoms with Gasteiger partial charge in [0.25, 0.3) is 5.91 Å². The van der Waals surface area contributed by atoms with Crippen molar-refractivity contribution < 1.29 is 22.7 Å². The van der Waals surface area contributed by atoms with Crippen molar-refractivity contribution in [2.75, 3.05) is 24.3 Å². The molecule has 1 aliphatic heterocycles. The summed E-state index contributed by atoms with van der Waals surface area (Å²) in [7, 11) is 1.49. The van der Waals surface area contributed by atoms with Crippen molar-refractivity contribution in [3.63, 3.8) is 0 Å². The van der Waals surface area contributed by atoms with Gasteiger partial charge in [-0.2, -0.15) is 13.2 Å². The van der Waals surface area contributed by atoms with E-state index in [2.05, 4.69) is 20.9 Å². The van der Waals surface area contributed by atoms with E-state index in [1.165, 1.54) is 13.2 Å². The van der Waals surface area contributed by atoms with Crippen LogP contribution >= 0.6 is 15.9 Å². The van der Waals surface area contributed by atoms with Crippen molar-refractivity contribution in [1.29, 1.82) is 0 Å². The first kappa shape index (κ1) is 21.2. The molecule has 2 N–H and O–H groups in total. The summed E-state index contributed by atoms with van der Waals surface area (Å²) in [6.45, 7) is 0.405. The lowest BCUT2D eigenvalue weighted by Crippen LogP contribution is -2.38. The molecule has 0 unspecified atom stereocenters. The number of carbonyl (C=O) groups is 1. The van der Waals surface area contributed by atoms with E-state index in [0.717, 1.165) is 23.3 Å². The monoisotopic (exact) mass is 491 g/mol. The van der Waals surface area contributed by atoms with Crippen LogP contribution in [0.3, 0.4) is 0 Å². The second kappa shape index (κ2) is 7.88. The molecule has 0 bridgehead atoms. The molecule has 0 aliphatic carbocycles. The minimum Gasteiger partial charge on any atom is -0.493 e. The summed E-state index contributed by atoms with van der Waals surface area (Å²) >= 11 is 3.24. The molecule has 5 nitrogen and oxygen atoms in total. The van der Waals surface area contributed by atoms with Gasteiger partial charge in [0, 0.05) is 16.6 Å². The molecule has 0 radical (unpaired) electrons. The summed E-state index contributed by atoms with van der Waals surface area (Å²) in [5.41, 5.74) is 7.84. The highest BCUT2D eigenvalue weighted by Crippen LogP contribution is 2.37. The summed E-state index contributed by atoms with van der Waals surface area (Å²) in [5.74, 6) is 0.848. The predicted molar refractivity (Wildman–Crippen MR) is 115 cm³/mol. The molecule has 1 aliphatic rings. The number of nitrogens with zero attached hydrogens (tertiary/aromatic N) is 2. The van der Waals surface area contributed by atoms with Gasteiger partial charge >= 0.3 is 6.18 Å². The number of methoxy groups -OCH3 is 1. The minimum atomic E-state index is -4.41. The Morgan fingerprint density at radius 1 is 1.10 bits per heavy atom. The fourth-order valence-corrected chi connectivity index (χ4v) is 4.18. The van der Waals surface area contributed by atoms with Crippen molar-refractivity contribution in [1.82, 2.24) is 4.98 Å². The van der Waals surface area contributed by atoms with E-state index in [4.69, 9.17) is 10.5 Å². The summed E-state index contributed by atoms with van der Waals surface area (Å²) in [6, 6.07) is 12.1. The van der Waals surface area contributed by atoms with Gasteiger partial charge in [-0.1, -0.05) is 34.1 Å². The smallest absolute Gasteiger partial charge is 0.416 e. The Bertz CT molecular complexity index is 1180. The van der Waals surface area contributed by atoms with Gasteiger partial charge in [-0.05, 0) is 53.4 Å². The lowest BCUT2D eigenvalue weighted by atomic mass is 9.93. The van der Waals surface area contributed by atoms with Crippen LogP contribution in [0.5, 0.6) is 5.75 Å². The molecule has 0 spiro atoms. The van der Waals surface area contributed by atoms with E-state index in [-0.39, 0.29) is 11.7 Å². The molecule has 3 aromatic rings. The number of pyridine rings is 1. The number of ether oxygens (including phenoxy) is 1. The normalized spacial score (nSPS) is 13.8. The summed E-state index contributed by atoms with van der Waals surface area (Å²) in [4.78, 5) is 18.8. The molecule has 0 saturated carbocycles. The molecule has 2 heterocycles. The first-order chi connectivity index (χ1) is 14.7. The molecule has 9 heteroatoms. The van der Waals surface area contributed by atoms with E-state index in [1.54, 1.807) is 29.2 Å². The fourth-order valence-electron chi connectivity index (χ4n) is 3.57. The maximum atomic E-state index is 13.0. The molecule has 1 aromatic heterocycles. The van der Waals surface area contributed by atoms with Crippen LogP contribution in [-0.2, 0) is 12.6 Å². The van der Waals surface area contributed by atoms with Crippen molar-refractivity contribution >= 4 is 33.5 Å². The van der Waals surface area contributed by atoms with Gasteiger partial charge in [0.05, 0.1) is 12.7 Å². The summed E-state index contributed by atoms with van der Waals surface area (Å²) < 4.78 is 44.2. The van der Waals surface area contributed by atoms with Crippen molar-refractivity contribution in [3.05, 3.63) is 69.7 Å². The Morgan fingerprint density at radius 2 is 1.84 bits per heavy atom. The average Bonchev–Trinajstić information content (AvgIpc) is 2.73. The van der Waals surface area contributed by atoms with Gasteiger partial charge in [0.2, 0.25) is 0 Å². The second-order valence-electron chi connectivity index (χ2n) is 7.03. The lowest BCUT2D eigenvalue weighted by Gasteiger charge is -2.28. The van der Waals surface area contributed by atoms with Gasteiger partial charge in [0.15, 0.2) is 11.6 Å². The zero-order chi connectivity index (χ0) is 22.3. The maximum absolute atomic E-state index is 13.0. The number of rotatable bonds is 3. The standard InChI is InChI=1S/C22H17BrF3N3O2/c1-31-18-6-7-19(28-20(18)27)29-9-8-13-10-12(2-4-16(13)21(29)30)15-5-3-14(11-17(15)23)22(24,25)26/h2-7,10-11H,8-9H2,1H3,(H2,27,28). The van der Waals surface area contributed by atoms with E-state index in [1.807, 2.05) is 6.07 Å². The quantitative estimate of drug-likeness (QED) is 0.537. The molecule has 2 aromatic carbocycles. The van der Waals surface area contributed by atoms with Crippen molar-refractivity contribution in [2.45, 2.75) is 12.6 Å². The SMILES string of the molecule is COc1ccc(N2CCc3cc(-c4ccc(C(F)(F)F)cc4Br)ccc3C2=O)nc1N. The number of anilines is 2. The topological polar surface area (TPSA) is 68.5 Å². The molecule has 0 saturated heterocycles. The molecule has 160 valence electrons. The van der Waals surface area contributed by atoms with E-state index < -0.39 is 11.7 Å². The highest BCUT2D eigenvalue weighted by Gasteiger charge is 2.31. The van der Waals surface area contributed by atoms with Crippen molar-refractivity contribution in [2.24, 2.45) is 0 Å². The Labute approximate surface area is 184 Å². The fraction of sp³-hybridized carbons (Fsp3) is 0.182. The average molecular weight is 492 g/mol. The molecule has 31 heavy (non-hydrogen) atoms. The zero-order valence-electron chi connectivity index (χ0n) is 16.3. The third-order valence-electron chi connectivity index (χ3n) is 5.16. The lowest BCUT2D eigenvalue weighted by molar-refractivity contribution is -0.137. The van der Waals surface area contributed by atoms with Gasteiger partial charge in [0.1, 0.15) is 5.82 Å². The van der Waals surface area contributed by atoms with E-state index in [9.17, 15) is 18.0 Å². The van der Waals surface area contributed by atoms with Crippen LogP contribution in [-0.4, -0.2) is 24.5 Å². The number of amides is 1. The number of nitrogens with two attached hydrogens (primary N) is 1.